The molecule has 2 aromatic carbocycles. The van der Waals surface area contributed by atoms with E-state index in [-0.39, 0.29) is 11.7 Å². The van der Waals surface area contributed by atoms with Crippen molar-refractivity contribution in [3.8, 4) is 17.2 Å². The molecule has 0 bridgehead atoms. The number of Topliss-reactive ketones (excluding diaryl/α,β-unsaturated/α-hetero) is 1. The Kier molecular flexibility index (Phi) is 9.71. The van der Waals surface area contributed by atoms with E-state index in [1.165, 1.54) is 14.0 Å². The highest BCUT2D eigenvalue weighted by Gasteiger charge is 2.09. The molecule has 2 aromatic rings. The lowest BCUT2D eigenvalue weighted by atomic mass is 10.1. The molecule has 2 rings (SSSR count). The van der Waals surface area contributed by atoms with E-state index in [2.05, 4.69) is 12.2 Å². The van der Waals surface area contributed by atoms with Crippen molar-refractivity contribution in [3.63, 3.8) is 0 Å². The Morgan fingerprint density at radius 3 is 2.50 bits per heavy atom. The first kappa shape index (κ1) is 23.3. The van der Waals surface area contributed by atoms with Crippen LogP contribution in [0.4, 0.5) is 0 Å². The van der Waals surface area contributed by atoms with Crippen LogP contribution in [0.2, 0.25) is 0 Å². The molecule has 0 unspecified atom stereocenters. The number of methoxy groups -OCH3 is 1. The Labute approximate surface area is 178 Å². The lowest BCUT2D eigenvalue weighted by Crippen LogP contribution is -2.23. The van der Waals surface area contributed by atoms with Crippen LogP contribution in [0.1, 0.15) is 55.5 Å². The normalized spacial score (nSPS) is 10.4. The lowest BCUT2D eigenvalue weighted by molar-refractivity contribution is -0.121. The highest BCUT2D eigenvalue weighted by molar-refractivity contribution is 5.94. The molecule has 0 aliphatic heterocycles. The summed E-state index contributed by atoms with van der Waals surface area (Å²) in [7, 11) is 1.53. The maximum Gasteiger partial charge on any atom is 0.220 e. The minimum Gasteiger partial charge on any atom is -0.494 e. The topological polar surface area (TPSA) is 73.9 Å². The van der Waals surface area contributed by atoms with Crippen molar-refractivity contribution in [1.82, 2.24) is 5.32 Å². The number of carbonyl (C=O) groups excluding carboxylic acids is 2. The highest BCUT2D eigenvalue weighted by Crippen LogP contribution is 2.28. The minimum atomic E-state index is -0.0328. The van der Waals surface area contributed by atoms with E-state index in [1.54, 1.807) is 18.2 Å². The van der Waals surface area contributed by atoms with Crippen LogP contribution in [0.15, 0.2) is 42.5 Å². The fraction of sp³-hybridized carbons (Fsp3) is 0.417. The van der Waals surface area contributed by atoms with Gasteiger partial charge in [0.1, 0.15) is 5.75 Å². The summed E-state index contributed by atoms with van der Waals surface area (Å²) < 4.78 is 16.7. The molecule has 6 heteroatoms. The predicted molar refractivity (Wildman–Crippen MR) is 116 cm³/mol. The molecule has 0 radical (unpaired) electrons. The van der Waals surface area contributed by atoms with Crippen molar-refractivity contribution in [2.45, 2.75) is 46.1 Å². The number of hydrogen-bond acceptors (Lipinski definition) is 5. The molecular formula is C24H31NO5. The van der Waals surface area contributed by atoms with Gasteiger partial charge in [-0.3, -0.25) is 9.59 Å². The molecule has 1 amide bonds. The first-order chi connectivity index (χ1) is 14.5. The number of hydrogen-bond donors (Lipinski definition) is 1. The summed E-state index contributed by atoms with van der Waals surface area (Å²) in [4.78, 5) is 23.6. The van der Waals surface area contributed by atoms with E-state index >= 15 is 0 Å². The van der Waals surface area contributed by atoms with Crippen molar-refractivity contribution in [2.24, 2.45) is 0 Å². The molecule has 0 aromatic heterocycles. The van der Waals surface area contributed by atoms with Crippen LogP contribution in [-0.4, -0.2) is 32.0 Å². The summed E-state index contributed by atoms with van der Waals surface area (Å²) in [5, 5.41) is 2.92. The van der Waals surface area contributed by atoms with Crippen LogP contribution in [-0.2, 0) is 11.3 Å². The third-order valence-electron chi connectivity index (χ3n) is 4.53. The summed E-state index contributed by atoms with van der Waals surface area (Å²) in [6.45, 7) is 5.17. The van der Waals surface area contributed by atoms with Gasteiger partial charge in [0, 0.05) is 18.5 Å². The molecule has 6 nitrogen and oxygen atoms in total. The summed E-state index contributed by atoms with van der Waals surface area (Å²) >= 11 is 0. The lowest BCUT2D eigenvalue weighted by Gasteiger charge is -2.12. The van der Waals surface area contributed by atoms with E-state index in [0.29, 0.717) is 49.7 Å². The molecule has 0 heterocycles. The van der Waals surface area contributed by atoms with E-state index in [1.807, 2.05) is 24.3 Å². The largest absolute Gasteiger partial charge is 0.494 e. The standard InChI is InChI=1S/C24H31NO5/c1-4-5-13-29-21-9-6-8-19(15-21)17-25-24(27)10-7-14-30-22-12-11-20(18(2)26)16-23(22)28-3/h6,8-9,11-12,15-16H,4-5,7,10,13-14,17H2,1-3H3,(H,25,27). The van der Waals surface area contributed by atoms with Gasteiger partial charge < -0.3 is 19.5 Å². The van der Waals surface area contributed by atoms with Crippen molar-refractivity contribution in [2.75, 3.05) is 20.3 Å². The molecular weight excluding hydrogens is 382 g/mol. The van der Waals surface area contributed by atoms with E-state index in [4.69, 9.17) is 14.2 Å². The second kappa shape index (κ2) is 12.5. The first-order valence-corrected chi connectivity index (χ1v) is 10.3. The van der Waals surface area contributed by atoms with Crippen LogP contribution in [0.25, 0.3) is 0 Å². The van der Waals surface area contributed by atoms with E-state index in [0.717, 1.165) is 24.2 Å². The third kappa shape index (κ3) is 7.78. The van der Waals surface area contributed by atoms with Crippen molar-refractivity contribution < 1.29 is 23.8 Å². The number of rotatable bonds is 13. The van der Waals surface area contributed by atoms with Gasteiger partial charge >= 0.3 is 0 Å². The smallest absolute Gasteiger partial charge is 0.220 e. The number of benzene rings is 2. The van der Waals surface area contributed by atoms with Crippen molar-refractivity contribution in [1.29, 1.82) is 0 Å². The Hall–Kier alpha value is -3.02. The number of amides is 1. The average molecular weight is 414 g/mol. The van der Waals surface area contributed by atoms with Crippen molar-refractivity contribution in [3.05, 3.63) is 53.6 Å². The van der Waals surface area contributed by atoms with Gasteiger partial charge in [-0.2, -0.15) is 0 Å². The van der Waals surface area contributed by atoms with E-state index in [9.17, 15) is 9.59 Å². The Morgan fingerprint density at radius 1 is 0.967 bits per heavy atom. The second-order valence-corrected chi connectivity index (χ2v) is 7.00. The predicted octanol–water partition coefficient (Wildman–Crippen LogP) is 4.55. The molecule has 0 aliphatic rings. The van der Waals surface area contributed by atoms with E-state index < -0.39 is 0 Å². The molecule has 0 aliphatic carbocycles. The highest BCUT2D eigenvalue weighted by atomic mass is 16.5. The van der Waals surface area contributed by atoms with Crippen molar-refractivity contribution >= 4 is 11.7 Å². The second-order valence-electron chi connectivity index (χ2n) is 7.00. The number of carbonyl (C=O) groups is 2. The molecule has 162 valence electrons. The van der Waals surface area contributed by atoms with Gasteiger partial charge in [-0.25, -0.2) is 0 Å². The monoisotopic (exact) mass is 413 g/mol. The zero-order valence-electron chi connectivity index (χ0n) is 18.0. The summed E-state index contributed by atoms with van der Waals surface area (Å²) in [5.41, 5.74) is 1.57. The number of unbranched alkanes of at least 4 members (excludes halogenated alkanes) is 1. The molecule has 1 N–H and O–H groups in total. The van der Waals surface area contributed by atoms with Crippen LogP contribution in [0.3, 0.4) is 0 Å². The molecule has 0 atom stereocenters. The molecule has 0 saturated heterocycles. The summed E-state index contributed by atoms with van der Waals surface area (Å²) in [6, 6.07) is 12.8. The Bertz CT molecular complexity index is 834. The van der Waals surface area contributed by atoms with Gasteiger partial charge in [-0.05, 0) is 55.7 Å². The summed E-state index contributed by atoms with van der Waals surface area (Å²) in [6.07, 6.45) is 3.05. The number of ether oxygens (including phenoxy) is 3. The van der Waals surface area contributed by atoms with Gasteiger partial charge in [-0.1, -0.05) is 25.5 Å². The average Bonchev–Trinajstić information content (AvgIpc) is 2.75. The molecule has 0 fully saturated rings. The maximum atomic E-state index is 12.1. The zero-order chi connectivity index (χ0) is 21.8. The van der Waals surface area contributed by atoms with Gasteiger partial charge in [0.2, 0.25) is 5.91 Å². The Morgan fingerprint density at radius 2 is 1.77 bits per heavy atom. The van der Waals surface area contributed by atoms with Crippen LogP contribution >= 0.6 is 0 Å². The van der Waals surface area contributed by atoms with Crippen LogP contribution < -0.4 is 19.5 Å². The van der Waals surface area contributed by atoms with Gasteiger partial charge in [0.25, 0.3) is 0 Å². The fourth-order valence-electron chi connectivity index (χ4n) is 2.79. The number of nitrogens with one attached hydrogen (secondary N) is 1. The van der Waals surface area contributed by atoms with Gasteiger partial charge in [-0.15, -0.1) is 0 Å². The minimum absolute atomic E-state index is 0.0326. The maximum absolute atomic E-state index is 12.1. The zero-order valence-corrected chi connectivity index (χ0v) is 18.0. The quantitative estimate of drug-likeness (QED) is 0.385. The first-order valence-electron chi connectivity index (χ1n) is 10.3. The molecule has 30 heavy (non-hydrogen) atoms. The van der Waals surface area contributed by atoms with Crippen LogP contribution in [0, 0.1) is 0 Å². The molecule has 0 spiro atoms. The van der Waals surface area contributed by atoms with Gasteiger partial charge in [0.05, 0.1) is 20.3 Å². The summed E-state index contributed by atoms with van der Waals surface area (Å²) in [5.74, 6) is 1.83. The fourth-order valence-corrected chi connectivity index (χ4v) is 2.79. The van der Waals surface area contributed by atoms with Crippen LogP contribution in [0.5, 0.6) is 17.2 Å². The third-order valence-corrected chi connectivity index (χ3v) is 4.53. The molecule has 0 saturated carbocycles. The SMILES string of the molecule is CCCCOc1cccc(CNC(=O)CCCOc2ccc(C(C)=O)cc2OC)c1. The number of ketones is 1. The van der Waals surface area contributed by atoms with Gasteiger partial charge in [0.15, 0.2) is 17.3 Å². The Balaban J connectivity index is 1.72.